The molecule has 0 bridgehead atoms. The van der Waals surface area contributed by atoms with Crippen LogP contribution in [-0.4, -0.2) is 10.4 Å². The molecule has 3 aromatic carbocycles. The Bertz CT molecular complexity index is 1200. The Morgan fingerprint density at radius 3 is 1.93 bits per heavy atom. The molecule has 5 rings (SSSR count). The third-order valence-electron chi connectivity index (χ3n) is 5.78. The van der Waals surface area contributed by atoms with Gasteiger partial charge in [-0.3, -0.25) is 4.79 Å². The number of hydrogen-bond acceptors (Lipinski definition) is 1. The molecule has 0 spiro atoms. The molecule has 0 saturated heterocycles. The van der Waals surface area contributed by atoms with E-state index in [2.05, 4.69) is 73.0 Å². The number of aromatic nitrogens is 1. The highest BCUT2D eigenvalue weighted by Gasteiger charge is 2.34. The largest absolute Gasteiger partial charge is 0.341 e. The van der Waals surface area contributed by atoms with Gasteiger partial charge in [0, 0.05) is 28.9 Å². The van der Waals surface area contributed by atoms with Crippen molar-refractivity contribution >= 4 is 5.78 Å². The Hall–Kier alpha value is -3.39. The Morgan fingerprint density at radius 1 is 0.679 bits per heavy atom. The Kier molecular flexibility index (Phi) is 3.80. The van der Waals surface area contributed by atoms with E-state index in [1.807, 2.05) is 24.3 Å². The molecule has 4 aromatic rings. The third-order valence-corrected chi connectivity index (χ3v) is 5.78. The van der Waals surface area contributed by atoms with Crippen LogP contribution in [0.2, 0.25) is 0 Å². The van der Waals surface area contributed by atoms with Gasteiger partial charge in [0.25, 0.3) is 0 Å². The zero-order valence-electron chi connectivity index (χ0n) is 16.1. The molecule has 28 heavy (non-hydrogen) atoms. The fourth-order valence-electron chi connectivity index (χ4n) is 4.47. The van der Waals surface area contributed by atoms with E-state index in [4.69, 9.17) is 0 Å². The van der Waals surface area contributed by atoms with Crippen LogP contribution in [0.25, 0.3) is 33.4 Å². The van der Waals surface area contributed by atoms with Gasteiger partial charge in [-0.05, 0) is 36.1 Å². The van der Waals surface area contributed by atoms with Crippen molar-refractivity contribution < 1.29 is 4.79 Å². The summed E-state index contributed by atoms with van der Waals surface area (Å²) in [5.41, 5.74) is 9.70. The maximum Gasteiger partial charge on any atom is 0.210 e. The van der Waals surface area contributed by atoms with E-state index >= 15 is 0 Å². The maximum absolute atomic E-state index is 13.1. The number of nitrogens with zero attached hydrogens (tertiary/aromatic N) is 1. The smallest absolute Gasteiger partial charge is 0.210 e. The summed E-state index contributed by atoms with van der Waals surface area (Å²) < 4.78 is 2.16. The third kappa shape index (κ3) is 2.31. The lowest BCUT2D eigenvalue weighted by Crippen LogP contribution is -2.07. The van der Waals surface area contributed by atoms with Crippen molar-refractivity contribution in [1.29, 1.82) is 0 Å². The second-order valence-electron chi connectivity index (χ2n) is 7.25. The molecule has 2 heteroatoms. The van der Waals surface area contributed by atoms with E-state index in [0.29, 0.717) is 0 Å². The molecule has 0 amide bonds. The van der Waals surface area contributed by atoms with Crippen LogP contribution in [0.4, 0.5) is 0 Å². The van der Waals surface area contributed by atoms with Crippen LogP contribution in [0.15, 0.2) is 78.9 Å². The zero-order chi connectivity index (χ0) is 19.3. The van der Waals surface area contributed by atoms with E-state index < -0.39 is 0 Å². The average molecular weight is 363 g/mol. The second-order valence-corrected chi connectivity index (χ2v) is 7.25. The molecule has 0 saturated carbocycles. The van der Waals surface area contributed by atoms with Crippen LogP contribution in [-0.2, 0) is 6.54 Å². The lowest BCUT2D eigenvalue weighted by atomic mass is 9.95. The van der Waals surface area contributed by atoms with Gasteiger partial charge in [-0.2, -0.15) is 0 Å². The van der Waals surface area contributed by atoms with Crippen LogP contribution in [0.1, 0.15) is 28.7 Å². The van der Waals surface area contributed by atoms with Crippen molar-refractivity contribution in [2.45, 2.75) is 20.4 Å². The van der Waals surface area contributed by atoms with E-state index in [-0.39, 0.29) is 5.78 Å². The SMILES string of the molecule is CCn1c(C)c(-c2ccc(-c3ccccc3)cc2)c2c1C(=O)c1ccccc1-2. The summed E-state index contributed by atoms with van der Waals surface area (Å²) in [5.74, 6) is 0.141. The number of fused-ring (bicyclic) bond motifs is 3. The van der Waals surface area contributed by atoms with Crippen LogP contribution < -0.4 is 0 Å². The molecule has 0 unspecified atom stereocenters. The topological polar surface area (TPSA) is 22.0 Å². The molecule has 0 fully saturated rings. The van der Waals surface area contributed by atoms with Crippen molar-refractivity contribution in [3.8, 4) is 33.4 Å². The first-order chi connectivity index (χ1) is 13.7. The highest BCUT2D eigenvalue weighted by atomic mass is 16.1. The molecular formula is C26H21NO. The van der Waals surface area contributed by atoms with Gasteiger partial charge in [0.05, 0.1) is 5.69 Å². The summed E-state index contributed by atoms with van der Waals surface area (Å²) in [6, 6.07) is 27.1. The highest BCUT2D eigenvalue weighted by Crippen LogP contribution is 2.46. The van der Waals surface area contributed by atoms with Gasteiger partial charge < -0.3 is 4.57 Å². The van der Waals surface area contributed by atoms with Gasteiger partial charge in [0.2, 0.25) is 5.78 Å². The summed E-state index contributed by atoms with van der Waals surface area (Å²) in [7, 11) is 0. The van der Waals surface area contributed by atoms with Crippen LogP contribution in [0.3, 0.4) is 0 Å². The predicted octanol–water partition coefficient (Wildman–Crippen LogP) is 6.36. The lowest BCUT2D eigenvalue weighted by Gasteiger charge is -2.10. The summed E-state index contributed by atoms with van der Waals surface area (Å²) in [6.45, 7) is 5.01. The minimum Gasteiger partial charge on any atom is -0.341 e. The van der Waals surface area contributed by atoms with Gasteiger partial charge in [0.15, 0.2) is 0 Å². The van der Waals surface area contributed by atoms with Gasteiger partial charge in [0.1, 0.15) is 0 Å². The number of benzene rings is 3. The van der Waals surface area contributed by atoms with Crippen molar-refractivity contribution in [1.82, 2.24) is 4.57 Å². The number of rotatable bonds is 3. The fourth-order valence-corrected chi connectivity index (χ4v) is 4.47. The van der Waals surface area contributed by atoms with E-state index in [1.165, 1.54) is 16.7 Å². The highest BCUT2D eigenvalue weighted by molar-refractivity contribution is 6.23. The Balaban J connectivity index is 1.71. The monoisotopic (exact) mass is 363 g/mol. The molecule has 1 aromatic heterocycles. The molecule has 2 nitrogen and oxygen atoms in total. The normalized spacial score (nSPS) is 12.1. The van der Waals surface area contributed by atoms with Crippen molar-refractivity contribution in [3.05, 3.63) is 95.8 Å². The van der Waals surface area contributed by atoms with Gasteiger partial charge in [-0.1, -0.05) is 78.9 Å². The first-order valence-corrected chi connectivity index (χ1v) is 9.73. The minimum absolute atomic E-state index is 0.141. The summed E-state index contributed by atoms with van der Waals surface area (Å²) >= 11 is 0. The minimum atomic E-state index is 0.141. The Labute approximate surface area is 165 Å². The number of ketones is 1. The average Bonchev–Trinajstić information content (AvgIpc) is 3.20. The molecule has 136 valence electrons. The number of hydrogen-bond donors (Lipinski definition) is 0. The van der Waals surface area contributed by atoms with Crippen LogP contribution in [0.5, 0.6) is 0 Å². The van der Waals surface area contributed by atoms with Crippen molar-refractivity contribution in [3.63, 3.8) is 0 Å². The van der Waals surface area contributed by atoms with Crippen molar-refractivity contribution in [2.75, 3.05) is 0 Å². The van der Waals surface area contributed by atoms with Crippen LogP contribution in [0, 0.1) is 6.92 Å². The fraction of sp³-hybridized carbons (Fsp3) is 0.115. The molecule has 0 radical (unpaired) electrons. The summed E-state index contributed by atoms with van der Waals surface area (Å²) in [4.78, 5) is 13.1. The van der Waals surface area contributed by atoms with Crippen LogP contribution >= 0.6 is 0 Å². The Morgan fingerprint density at radius 2 is 1.25 bits per heavy atom. The van der Waals surface area contributed by atoms with E-state index in [9.17, 15) is 4.79 Å². The molecule has 1 aliphatic carbocycles. The second kappa shape index (κ2) is 6.35. The van der Waals surface area contributed by atoms with Gasteiger partial charge in [-0.25, -0.2) is 0 Å². The molecular weight excluding hydrogens is 342 g/mol. The number of carbonyl (C=O) groups excluding carboxylic acids is 1. The van der Waals surface area contributed by atoms with Gasteiger partial charge in [-0.15, -0.1) is 0 Å². The van der Waals surface area contributed by atoms with E-state index in [1.54, 1.807) is 0 Å². The summed E-state index contributed by atoms with van der Waals surface area (Å²) in [5, 5.41) is 0. The summed E-state index contributed by atoms with van der Waals surface area (Å²) in [6.07, 6.45) is 0. The zero-order valence-corrected chi connectivity index (χ0v) is 16.1. The predicted molar refractivity (Wildman–Crippen MR) is 115 cm³/mol. The van der Waals surface area contributed by atoms with Gasteiger partial charge >= 0.3 is 0 Å². The molecule has 1 aliphatic rings. The molecule has 1 heterocycles. The first-order valence-electron chi connectivity index (χ1n) is 9.73. The maximum atomic E-state index is 13.1. The number of carbonyl (C=O) groups is 1. The van der Waals surface area contributed by atoms with Crippen molar-refractivity contribution in [2.24, 2.45) is 0 Å². The quantitative estimate of drug-likeness (QED) is 0.365. The molecule has 0 N–H and O–H groups in total. The molecule has 0 atom stereocenters. The molecule has 0 aliphatic heterocycles. The standard InChI is InChI=1S/C26H21NO/c1-3-27-17(2)23(24-21-11-7-8-12-22(21)26(28)25(24)27)20-15-13-19(14-16-20)18-9-5-4-6-10-18/h4-16H,3H2,1-2H3. The lowest BCUT2D eigenvalue weighted by molar-refractivity contribution is 0.103. The van der Waals surface area contributed by atoms with E-state index in [0.717, 1.165) is 40.2 Å². The first kappa shape index (κ1) is 16.8.